The molecule has 0 bridgehead atoms. The van der Waals surface area contributed by atoms with Gasteiger partial charge in [-0.1, -0.05) is 22.8 Å². The average Bonchev–Trinajstić information content (AvgIpc) is 3.41. The molecule has 164 valence electrons. The fourth-order valence-electron chi connectivity index (χ4n) is 3.31. The first-order chi connectivity index (χ1) is 15.3. The summed E-state index contributed by atoms with van der Waals surface area (Å²) in [5.74, 6) is -2.18. The molecule has 4 aromatic rings. The van der Waals surface area contributed by atoms with Gasteiger partial charge in [0.1, 0.15) is 22.5 Å². The van der Waals surface area contributed by atoms with Crippen LogP contribution in [0.25, 0.3) is 11.3 Å². The first kappa shape index (κ1) is 21.6. The molecule has 3 aromatic heterocycles. The lowest BCUT2D eigenvalue weighted by Gasteiger charge is -2.28. The summed E-state index contributed by atoms with van der Waals surface area (Å²) in [6, 6.07) is 9.62. The summed E-state index contributed by atoms with van der Waals surface area (Å²) in [6.45, 7) is 2.05. The lowest BCUT2D eigenvalue weighted by Crippen LogP contribution is -2.40. The molecule has 1 N–H and O–H groups in total. The number of benzene rings is 1. The molecule has 10 heteroatoms. The zero-order valence-electron chi connectivity index (χ0n) is 17.1. The van der Waals surface area contributed by atoms with Crippen LogP contribution >= 0.6 is 11.6 Å². The van der Waals surface area contributed by atoms with Crippen LogP contribution in [0.1, 0.15) is 28.7 Å². The van der Waals surface area contributed by atoms with Crippen LogP contribution in [0.4, 0.5) is 8.78 Å². The van der Waals surface area contributed by atoms with Crippen LogP contribution in [0.2, 0.25) is 5.15 Å². The molecule has 0 saturated heterocycles. The maximum atomic E-state index is 14.0. The highest BCUT2D eigenvalue weighted by Gasteiger charge is 2.33. The van der Waals surface area contributed by atoms with Crippen molar-refractivity contribution in [1.29, 1.82) is 0 Å². The van der Waals surface area contributed by atoms with Gasteiger partial charge >= 0.3 is 0 Å². The van der Waals surface area contributed by atoms with Crippen LogP contribution < -0.4 is 5.32 Å². The number of carbonyl (C=O) groups excluding carboxylic acids is 1. The minimum atomic E-state index is -0.804. The van der Waals surface area contributed by atoms with E-state index in [1.807, 2.05) is 19.2 Å². The predicted octanol–water partition coefficient (Wildman–Crippen LogP) is 4.14. The zero-order chi connectivity index (χ0) is 22.9. The fraction of sp³-hybridized carbons (Fsp3) is 0.182. The van der Waals surface area contributed by atoms with Crippen LogP contribution in [-0.4, -0.2) is 32.4 Å². The van der Waals surface area contributed by atoms with Gasteiger partial charge < -0.3 is 9.84 Å². The highest BCUT2D eigenvalue weighted by Crippen LogP contribution is 2.31. The van der Waals surface area contributed by atoms with Gasteiger partial charge in [0.05, 0.1) is 17.3 Å². The molecule has 1 aromatic carbocycles. The predicted molar refractivity (Wildman–Crippen MR) is 113 cm³/mol. The second-order valence-corrected chi connectivity index (χ2v) is 7.85. The Hall–Kier alpha value is -3.59. The molecule has 0 fully saturated rings. The molecule has 0 aliphatic rings. The maximum absolute atomic E-state index is 14.0. The summed E-state index contributed by atoms with van der Waals surface area (Å²) in [5.41, 5.74) is 0.823. The van der Waals surface area contributed by atoms with E-state index in [0.29, 0.717) is 10.8 Å². The van der Waals surface area contributed by atoms with E-state index in [0.717, 1.165) is 17.7 Å². The zero-order valence-corrected chi connectivity index (χ0v) is 17.9. The molecular weight excluding hydrogens is 440 g/mol. The van der Waals surface area contributed by atoms with Crippen molar-refractivity contribution in [2.24, 2.45) is 7.05 Å². The van der Waals surface area contributed by atoms with Crippen molar-refractivity contribution in [1.82, 2.24) is 25.2 Å². The van der Waals surface area contributed by atoms with Crippen molar-refractivity contribution in [3.63, 3.8) is 0 Å². The van der Waals surface area contributed by atoms with Crippen molar-refractivity contribution < 1.29 is 18.1 Å². The standard InChI is InChI=1S/C22H18ClF2N5O2/c1-22(13-10-27-30(2)11-13,19-4-3-5-20(23)28-19)12-26-21(31)18-9-17(29-32-18)15-7-6-14(24)8-16(15)25/h3-11H,12H2,1-2H3,(H,26,31). The number of hydrogen-bond acceptors (Lipinski definition) is 5. The van der Waals surface area contributed by atoms with E-state index in [2.05, 4.69) is 20.6 Å². The summed E-state index contributed by atoms with van der Waals surface area (Å²) < 4.78 is 33.9. The number of aromatic nitrogens is 4. The molecule has 0 aliphatic heterocycles. The quantitative estimate of drug-likeness (QED) is 0.440. The molecule has 0 spiro atoms. The number of carbonyl (C=O) groups is 1. The number of amides is 1. The molecule has 32 heavy (non-hydrogen) atoms. The third kappa shape index (κ3) is 4.24. The molecule has 4 rings (SSSR count). The van der Waals surface area contributed by atoms with Crippen molar-refractivity contribution >= 4 is 17.5 Å². The van der Waals surface area contributed by atoms with Gasteiger partial charge in [-0.2, -0.15) is 5.10 Å². The van der Waals surface area contributed by atoms with Crippen LogP contribution in [-0.2, 0) is 12.5 Å². The molecule has 3 heterocycles. The number of pyridine rings is 1. The second-order valence-electron chi connectivity index (χ2n) is 7.46. The highest BCUT2D eigenvalue weighted by molar-refractivity contribution is 6.29. The van der Waals surface area contributed by atoms with Crippen LogP contribution in [0.15, 0.2) is 59.4 Å². The van der Waals surface area contributed by atoms with Gasteiger partial charge in [0.2, 0.25) is 5.76 Å². The van der Waals surface area contributed by atoms with E-state index < -0.39 is 23.0 Å². The van der Waals surface area contributed by atoms with Gasteiger partial charge in [-0.25, -0.2) is 13.8 Å². The monoisotopic (exact) mass is 457 g/mol. The van der Waals surface area contributed by atoms with Crippen LogP contribution in [0.5, 0.6) is 0 Å². The van der Waals surface area contributed by atoms with E-state index >= 15 is 0 Å². The van der Waals surface area contributed by atoms with Gasteiger partial charge in [0, 0.05) is 43.0 Å². The summed E-state index contributed by atoms with van der Waals surface area (Å²) in [4.78, 5) is 17.2. The van der Waals surface area contributed by atoms with E-state index in [1.54, 1.807) is 30.1 Å². The molecule has 0 radical (unpaired) electrons. The largest absolute Gasteiger partial charge is 0.350 e. The second kappa shape index (κ2) is 8.51. The Morgan fingerprint density at radius 1 is 1.25 bits per heavy atom. The Bertz CT molecular complexity index is 1290. The van der Waals surface area contributed by atoms with E-state index in [4.69, 9.17) is 16.1 Å². The number of nitrogens with one attached hydrogen (secondary N) is 1. The molecule has 1 atom stereocenters. The van der Waals surface area contributed by atoms with E-state index in [9.17, 15) is 13.6 Å². The number of hydrogen-bond donors (Lipinski definition) is 1. The van der Waals surface area contributed by atoms with Crippen LogP contribution in [0, 0.1) is 11.6 Å². The Morgan fingerprint density at radius 3 is 2.75 bits per heavy atom. The van der Waals surface area contributed by atoms with Gasteiger partial charge in [-0.3, -0.25) is 9.48 Å². The first-order valence-corrected chi connectivity index (χ1v) is 9.96. The van der Waals surface area contributed by atoms with Crippen molar-refractivity contribution in [2.45, 2.75) is 12.3 Å². The third-order valence-electron chi connectivity index (χ3n) is 5.17. The highest BCUT2D eigenvalue weighted by atomic mass is 35.5. The van der Waals surface area contributed by atoms with E-state index in [1.165, 1.54) is 12.1 Å². The minimum Gasteiger partial charge on any atom is -0.350 e. The molecule has 1 amide bonds. The molecule has 7 nitrogen and oxygen atoms in total. The topological polar surface area (TPSA) is 85.8 Å². The lowest BCUT2D eigenvalue weighted by atomic mass is 9.80. The van der Waals surface area contributed by atoms with Gasteiger partial charge in [0.25, 0.3) is 5.91 Å². The van der Waals surface area contributed by atoms with Gasteiger partial charge in [-0.05, 0) is 31.2 Å². The smallest absolute Gasteiger partial charge is 0.289 e. The summed E-state index contributed by atoms with van der Waals surface area (Å²) in [5, 5.41) is 11.1. The Balaban J connectivity index is 1.58. The summed E-state index contributed by atoms with van der Waals surface area (Å²) >= 11 is 6.09. The van der Waals surface area contributed by atoms with Crippen molar-refractivity contribution in [3.8, 4) is 11.3 Å². The molecular formula is C22H18ClF2N5O2. The van der Waals surface area contributed by atoms with Crippen LogP contribution in [0.3, 0.4) is 0 Å². The summed E-state index contributed by atoms with van der Waals surface area (Å²) in [7, 11) is 1.79. The molecule has 1 unspecified atom stereocenters. The Kier molecular flexibility index (Phi) is 5.75. The number of nitrogens with zero attached hydrogens (tertiary/aromatic N) is 4. The maximum Gasteiger partial charge on any atom is 0.289 e. The summed E-state index contributed by atoms with van der Waals surface area (Å²) in [6.07, 6.45) is 3.53. The normalized spacial score (nSPS) is 13.0. The third-order valence-corrected chi connectivity index (χ3v) is 5.38. The van der Waals surface area contributed by atoms with Gasteiger partial charge in [-0.15, -0.1) is 0 Å². The van der Waals surface area contributed by atoms with E-state index in [-0.39, 0.29) is 23.6 Å². The minimum absolute atomic E-state index is 0.0255. The van der Waals surface area contributed by atoms with Crippen molar-refractivity contribution in [3.05, 3.63) is 88.7 Å². The van der Waals surface area contributed by atoms with Gasteiger partial charge in [0.15, 0.2) is 0 Å². The molecule has 0 aliphatic carbocycles. The molecule has 0 saturated carbocycles. The Labute approximate surface area is 187 Å². The lowest BCUT2D eigenvalue weighted by molar-refractivity contribution is 0.0910. The Morgan fingerprint density at radius 2 is 2.06 bits per heavy atom. The number of aryl methyl sites for hydroxylation is 1. The SMILES string of the molecule is Cn1cc(C(C)(CNC(=O)c2cc(-c3ccc(F)cc3F)no2)c2cccc(Cl)n2)cn1. The van der Waals surface area contributed by atoms with Crippen molar-refractivity contribution in [2.75, 3.05) is 6.54 Å². The average molecular weight is 458 g/mol. The number of rotatable bonds is 6. The first-order valence-electron chi connectivity index (χ1n) is 9.59. The fourth-order valence-corrected chi connectivity index (χ4v) is 3.48. The number of halogens is 3.